The first-order valence-electron chi connectivity index (χ1n) is 8.79. The Bertz CT molecular complexity index is 1170. The van der Waals surface area contributed by atoms with Crippen molar-refractivity contribution in [3.63, 3.8) is 0 Å². The summed E-state index contributed by atoms with van der Waals surface area (Å²) < 4.78 is 0. The number of carbonyl (C=O) groups excluding carboxylic acids is 1. The molecule has 0 radical (unpaired) electrons. The summed E-state index contributed by atoms with van der Waals surface area (Å²) in [6, 6.07) is 25.9. The van der Waals surface area contributed by atoms with E-state index in [9.17, 15) is 4.79 Å². The number of hydrogen-bond donors (Lipinski definition) is 0. The van der Waals surface area contributed by atoms with Gasteiger partial charge in [0, 0.05) is 11.1 Å². The van der Waals surface area contributed by atoms with Crippen LogP contribution in [-0.2, 0) is 0 Å². The van der Waals surface area contributed by atoms with Gasteiger partial charge in [0.15, 0.2) is 0 Å². The summed E-state index contributed by atoms with van der Waals surface area (Å²) in [7, 11) is 0. The number of carbonyl (C=O) groups is 1. The Balaban J connectivity index is 1.68. The Hall–Kier alpha value is -3.99. The van der Waals surface area contributed by atoms with E-state index in [0.717, 1.165) is 11.0 Å². The highest BCUT2D eigenvalue weighted by Gasteiger charge is 2.16. The molecule has 0 amide bonds. The smallest absolute Gasteiger partial charge is 0.213 e. The third-order valence-corrected chi connectivity index (χ3v) is 4.11. The maximum atomic E-state index is 12.9. The third-order valence-electron chi connectivity index (χ3n) is 4.11. The molecule has 0 aliphatic carbocycles. The standard InChI is InChI=1S/C23H16N4O/c28-23(18-11-5-2-6-12-18)22(17-9-3-1-4-10-17)27-25-16-19-15-24-20-13-7-8-14-21(20)26-19/h1-16H/b25-16-,27-22-. The zero-order valence-corrected chi connectivity index (χ0v) is 14.9. The molecule has 0 atom stereocenters. The second-order valence-corrected chi connectivity index (χ2v) is 6.04. The van der Waals surface area contributed by atoms with Crippen molar-refractivity contribution in [1.82, 2.24) is 9.97 Å². The van der Waals surface area contributed by atoms with E-state index in [2.05, 4.69) is 20.2 Å². The van der Waals surface area contributed by atoms with Crippen LogP contribution in [0, 0.1) is 0 Å². The lowest BCUT2D eigenvalue weighted by Gasteiger charge is -2.04. The van der Waals surface area contributed by atoms with Gasteiger partial charge in [-0.15, -0.1) is 5.10 Å². The van der Waals surface area contributed by atoms with Gasteiger partial charge in [0.05, 0.1) is 23.4 Å². The molecule has 134 valence electrons. The summed E-state index contributed by atoms with van der Waals surface area (Å²) >= 11 is 0. The highest BCUT2D eigenvalue weighted by atomic mass is 16.1. The predicted octanol–water partition coefficient (Wildman–Crippen LogP) is 4.34. The van der Waals surface area contributed by atoms with Crippen LogP contribution in [-0.4, -0.2) is 27.7 Å². The molecule has 5 nitrogen and oxygen atoms in total. The predicted molar refractivity (Wildman–Crippen MR) is 111 cm³/mol. The highest BCUT2D eigenvalue weighted by molar-refractivity contribution is 6.51. The van der Waals surface area contributed by atoms with E-state index in [1.54, 1.807) is 18.3 Å². The molecule has 0 fully saturated rings. The lowest BCUT2D eigenvalue weighted by Crippen LogP contribution is -2.15. The van der Waals surface area contributed by atoms with E-state index in [1.807, 2.05) is 72.8 Å². The average Bonchev–Trinajstić information content (AvgIpc) is 2.77. The Morgan fingerprint density at radius 2 is 1.36 bits per heavy atom. The molecule has 0 spiro atoms. The van der Waals surface area contributed by atoms with Crippen molar-refractivity contribution in [3.05, 3.63) is 108 Å². The van der Waals surface area contributed by atoms with Crippen LogP contribution in [0.25, 0.3) is 11.0 Å². The van der Waals surface area contributed by atoms with Gasteiger partial charge in [-0.1, -0.05) is 72.8 Å². The number of nitrogens with zero attached hydrogens (tertiary/aromatic N) is 4. The summed E-state index contributed by atoms with van der Waals surface area (Å²) in [4.78, 5) is 21.8. The Labute approximate surface area is 162 Å². The highest BCUT2D eigenvalue weighted by Crippen LogP contribution is 2.10. The fourth-order valence-corrected chi connectivity index (χ4v) is 2.74. The number of aromatic nitrogens is 2. The van der Waals surface area contributed by atoms with Crippen LogP contribution in [0.2, 0.25) is 0 Å². The van der Waals surface area contributed by atoms with Gasteiger partial charge in [0.1, 0.15) is 11.4 Å². The van der Waals surface area contributed by atoms with Crippen molar-refractivity contribution < 1.29 is 4.79 Å². The zero-order chi connectivity index (χ0) is 19.2. The van der Waals surface area contributed by atoms with Crippen LogP contribution in [0.3, 0.4) is 0 Å². The quantitative estimate of drug-likeness (QED) is 0.301. The molecular formula is C23H16N4O. The summed E-state index contributed by atoms with van der Waals surface area (Å²) in [5.74, 6) is -0.187. The van der Waals surface area contributed by atoms with Gasteiger partial charge in [-0.3, -0.25) is 9.78 Å². The number of ketones is 1. The Morgan fingerprint density at radius 1 is 0.750 bits per heavy atom. The minimum absolute atomic E-state index is 0.187. The number of rotatable bonds is 5. The number of Topliss-reactive ketones (excluding diaryl/α,β-unsaturated/α-hetero) is 1. The van der Waals surface area contributed by atoms with Gasteiger partial charge in [-0.2, -0.15) is 5.10 Å². The largest absolute Gasteiger partial charge is 0.287 e. The van der Waals surface area contributed by atoms with Crippen molar-refractivity contribution in [3.8, 4) is 0 Å². The van der Waals surface area contributed by atoms with E-state index in [0.29, 0.717) is 16.8 Å². The first kappa shape index (κ1) is 17.4. The molecule has 0 N–H and O–H groups in total. The molecule has 28 heavy (non-hydrogen) atoms. The van der Waals surface area contributed by atoms with E-state index < -0.39 is 0 Å². The van der Waals surface area contributed by atoms with Gasteiger partial charge < -0.3 is 0 Å². The normalized spacial score (nSPS) is 11.8. The molecule has 5 heteroatoms. The fourth-order valence-electron chi connectivity index (χ4n) is 2.74. The second kappa shape index (κ2) is 8.14. The molecule has 0 bridgehead atoms. The lowest BCUT2D eigenvalue weighted by atomic mass is 10.0. The van der Waals surface area contributed by atoms with Crippen LogP contribution in [0.1, 0.15) is 21.6 Å². The minimum Gasteiger partial charge on any atom is -0.287 e. The molecular weight excluding hydrogens is 348 g/mol. The summed E-state index contributed by atoms with van der Waals surface area (Å²) in [5, 5.41) is 8.33. The van der Waals surface area contributed by atoms with Crippen LogP contribution in [0.15, 0.2) is 101 Å². The Morgan fingerprint density at radius 3 is 2.07 bits per heavy atom. The number of benzene rings is 3. The molecule has 0 unspecified atom stereocenters. The molecule has 0 aliphatic rings. The monoisotopic (exact) mass is 364 g/mol. The number of hydrogen-bond acceptors (Lipinski definition) is 5. The average molecular weight is 364 g/mol. The molecule has 0 aliphatic heterocycles. The van der Waals surface area contributed by atoms with E-state index in [4.69, 9.17) is 0 Å². The molecule has 4 aromatic rings. The van der Waals surface area contributed by atoms with Gasteiger partial charge in [0.25, 0.3) is 0 Å². The molecule has 3 aromatic carbocycles. The van der Waals surface area contributed by atoms with Crippen LogP contribution in [0.5, 0.6) is 0 Å². The maximum Gasteiger partial charge on any atom is 0.213 e. The van der Waals surface area contributed by atoms with Crippen molar-refractivity contribution >= 4 is 28.7 Å². The van der Waals surface area contributed by atoms with Crippen LogP contribution >= 0.6 is 0 Å². The number of para-hydroxylation sites is 2. The van der Waals surface area contributed by atoms with Gasteiger partial charge in [-0.25, -0.2) is 4.98 Å². The maximum absolute atomic E-state index is 12.9. The van der Waals surface area contributed by atoms with Crippen molar-refractivity contribution in [2.24, 2.45) is 10.2 Å². The van der Waals surface area contributed by atoms with E-state index in [-0.39, 0.29) is 11.5 Å². The van der Waals surface area contributed by atoms with Crippen molar-refractivity contribution in [1.29, 1.82) is 0 Å². The summed E-state index contributed by atoms with van der Waals surface area (Å²) in [6.45, 7) is 0. The molecule has 4 rings (SSSR count). The van der Waals surface area contributed by atoms with Gasteiger partial charge in [-0.05, 0) is 12.1 Å². The Kier molecular flexibility index (Phi) is 5.06. The second-order valence-electron chi connectivity index (χ2n) is 6.04. The number of fused-ring (bicyclic) bond motifs is 1. The molecule has 1 aromatic heterocycles. The topological polar surface area (TPSA) is 67.6 Å². The zero-order valence-electron chi connectivity index (χ0n) is 14.9. The third kappa shape index (κ3) is 3.88. The van der Waals surface area contributed by atoms with Gasteiger partial charge >= 0.3 is 0 Å². The SMILES string of the molecule is O=C(/C(=N\N=C/c1cnc2ccccc2n1)c1ccccc1)c1ccccc1. The van der Waals surface area contributed by atoms with Crippen LogP contribution in [0.4, 0.5) is 0 Å². The van der Waals surface area contributed by atoms with Crippen molar-refractivity contribution in [2.75, 3.05) is 0 Å². The first-order valence-corrected chi connectivity index (χ1v) is 8.79. The van der Waals surface area contributed by atoms with Crippen molar-refractivity contribution in [2.45, 2.75) is 0 Å². The summed E-state index contributed by atoms with van der Waals surface area (Å²) in [5.41, 5.74) is 3.70. The van der Waals surface area contributed by atoms with Crippen LogP contribution < -0.4 is 0 Å². The minimum atomic E-state index is -0.187. The molecule has 0 saturated carbocycles. The van der Waals surface area contributed by atoms with E-state index in [1.165, 1.54) is 6.21 Å². The fraction of sp³-hybridized carbons (Fsp3) is 0. The first-order chi connectivity index (χ1) is 13.8. The van der Waals surface area contributed by atoms with E-state index >= 15 is 0 Å². The lowest BCUT2D eigenvalue weighted by molar-refractivity contribution is 0.106. The summed E-state index contributed by atoms with van der Waals surface area (Å²) in [6.07, 6.45) is 3.13. The molecule has 0 saturated heterocycles. The van der Waals surface area contributed by atoms with Gasteiger partial charge in [0.2, 0.25) is 5.78 Å². The molecule has 1 heterocycles.